The van der Waals surface area contributed by atoms with Gasteiger partial charge in [-0.05, 0) is 54.4 Å². The molecule has 1 atom stereocenters. The predicted octanol–water partition coefficient (Wildman–Crippen LogP) is 4.52. The largest absolute Gasteiger partial charge is 0.508 e. The van der Waals surface area contributed by atoms with Crippen LogP contribution < -0.4 is 0 Å². The van der Waals surface area contributed by atoms with Gasteiger partial charge in [-0.1, -0.05) is 48.9 Å². The Balaban J connectivity index is 1.81. The Morgan fingerprint density at radius 1 is 0.947 bits per heavy atom. The Morgan fingerprint density at radius 2 is 1.63 bits per heavy atom. The molecule has 0 bridgehead atoms. The first-order valence-corrected chi connectivity index (χ1v) is 7.16. The quantitative estimate of drug-likeness (QED) is 0.848. The first-order chi connectivity index (χ1) is 9.33. The summed E-state index contributed by atoms with van der Waals surface area (Å²) in [6, 6.07) is 18.5. The van der Waals surface area contributed by atoms with Crippen LogP contribution in [0.2, 0.25) is 0 Å². The van der Waals surface area contributed by atoms with Crippen molar-refractivity contribution < 1.29 is 5.11 Å². The molecule has 0 aliphatic heterocycles. The smallest absolute Gasteiger partial charge is 0.115 e. The van der Waals surface area contributed by atoms with E-state index in [1.807, 2.05) is 12.1 Å². The van der Waals surface area contributed by atoms with Crippen LogP contribution in [0.3, 0.4) is 0 Å². The van der Waals surface area contributed by atoms with Gasteiger partial charge in [0.2, 0.25) is 0 Å². The van der Waals surface area contributed by atoms with Crippen LogP contribution in [0.1, 0.15) is 36.3 Å². The molecule has 0 heterocycles. The average Bonchev–Trinajstić information content (AvgIpc) is 2.39. The third kappa shape index (κ3) is 2.81. The monoisotopic (exact) mass is 252 g/mol. The van der Waals surface area contributed by atoms with Crippen LogP contribution in [0, 0.1) is 5.92 Å². The Labute approximate surface area is 114 Å². The lowest BCUT2D eigenvalue weighted by Crippen LogP contribution is -2.22. The minimum Gasteiger partial charge on any atom is -0.508 e. The summed E-state index contributed by atoms with van der Waals surface area (Å²) >= 11 is 0. The van der Waals surface area contributed by atoms with Gasteiger partial charge in [-0.15, -0.1) is 0 Å². The Morgan fingerprint density at radius 3 is 2.21 bits per heavy atom. The molecule has 1 aliphatic rings. The molecule has 0 saturated heterocycles. The molecule has 0 amide bonds. The van der Waals surface area contributed by atoms with E-state index in [0.29, 0.717) is 11.7 Å². The maximum absolute atomic E-state index is 9.37. The van der Waals surface area contributed by atoms with E-state index in [9.17, 15) is 5.11 Å². The summed E-state index contributed by atoms with van der Waals surface area (Å²) in [5.74, 6) is 1.80. The van der Waals surface area contributed by atoms with Crippen LogP contribution in [0.15, 0.2) is 54.6 Å². The number of benzene rings is 2. The van der Waals surface area contributed by atoms with E-state index in [1.165, 1.54) is 30.4 Å². The lowest BCUT2D eigenvalue weighted by Gasteiger charge is -2.34. The van der Waals surface area contributed by atoms with E-state index in [-0.39, 0.29) is 0 Å². The summed E-state index contributed by atoms with van der Waals surface area (Å²) in [5.41, 5.74) is 2.78. The number of phenolic OH excluding ortho intramolecular Hbond substituents is 1. The van der Waals surface area contributed by atoms with E-state index in [4.69, 9.17) is 0 Å². The average molecular weight is 252 g/mol. The summed E-state index contributed by atoms with van der Waals surface area (Å²) in [6.07, 6.45) is 5.17. The molecule has 1 N–H and O–H groups in total. The van der Waals surface area contributed by atoms with Crippen LogP contribution >= 0.6 is 0 Å². The molecule has 98 valence electrons. The van der Waals surface area contributed by atoms with Crippen molar-refractivity contribution in [3.05, 3.63) is 65.7 Å². The second-order valence-electron chi connectivity index (χ2n) is 5.58. The van der Waals surface area contributed by atoms with E-state index in [2.05, 4.69) is 30.3 Å². The molecule has 0 radical (unpaired) electrons. The number of hydrogen-bond donors (Lipinski definition) is 1. The molecule has 3 rings (SSSR count). The number of hydrogen-bond acceptors (Lipinski definition) is 1. The lowest BCUT2D eigenvalue weighted by atomic mass is 9.71. The highest BCUT2D eigenvalue weighted by Gasteiger charge is 2.28. The van der Waals surface area contributed by atoms with Gasteiger partial charge < -0.3 is 5.11 Å². The topological polar surface area (TPSA) is 20.2 Å². The number of rotatable bonds is 4. The number of aromatic hydroxyl groups is 1. The van der Waals surface area contributed by atoms with Crippen LogP contribution in [-0.4, -0.2) is 5.11 Å². The molecular weight excluding hydrogens is 232 g/mol. The Bertz CT molecular complexity index is 511. The van der Waals surface area contributed by atoms with Gasteiger partial charge in [0.05, 0.1) is 0 Å². The SMILES string of the molecule is Oc1ccc(CC(c2ccccc2)C2CCC2)cc1. The normalized spacial score (nSPS) is 16.8. The fraction of sp³-hybridized carbons (Fsp3) is 0.333. The van der Waals surface area contributed by atoms with Gasteiger partial charge in [0, 0.05) is 0 Å². The van der Waals surface area contributed by atoms with Crippen LogP contribution in [0.5, 0.6) is 5.75 Å². The maximum atomic E-state index is 9.37. The summed E-state index contributed by atoms with van der Waals surface area (Å²) in [5, 5.41) is 9.37. The molecule has 1 saturated carbocycles. The predicted molar refractivity (Wildman–Crippen MR) is 78.3 cm³/mol. The van der Waals surface area contributed by atoms with E-state index in [0.717, 1.165) is 12.3 Å². The van der Waals surface area contributed by atoms with E-state index in [1.54, 1.807) is 12.1 Å². The minimum atomic E-state index is 0.351. The second-order valence-corrected chi connectivity index (χ2v) is 5.58. The molecule has 1 unspecified atom stereocenters. The van der Waals surface area contributed by atoms with Crippen molar-refractivity contribution in [2.45, 2.75) is 31.6 Å². The third-order valence-corrected chi connectivity index (χ3v) is 4.34. The molecule has 2 aromatic rings. The van der Waals surface area contributed by atoms with Crippen LogP contribution in [0.25, 0.3) is 0 Å². The van der Waals surface area contributed by atoms with Gasteiger partial charge in [0.15, 0.2) is 0 Å². The van der Waals surface area contributed by atoms with Crippen molar-refractivity contribution in [2.75, 3.05) is 0 Å². The molecule has 1 nitrogen and oxygen atoms in total. The molecule has 1 fully saturated rings. The van der Waals surface area contributed by atoms with E-state index >= 15 is 0 Å². The zero-order chi connectivity index (χ0) is 13.1. The second kappa shape index (κ2) is 5.48. The molecular formula is C18H20O. The van der Waals surface area contributed by atoms with Gasteiger partial charge in [0.25, 0.3) is 0 Å². The summed E-state index contributed by atoms with van der Waals surface area (Å²) in [6.45, 7) is 0. The fourth-order valence-electron chi connectivity index (χ4n) is 2.99. The zero-order valence-corrected chi connectivity index (χ0v) is 11.1. The highest BCUT2D eigenvalue weighted by molar-refractivity contribution is 5.29. The minimum absolute atomic E-state index is 0.351. The van der Waals surface area contributed by atoms with Crippen molar-refractivity contribution >= 4 is 0 Å². The van der Waals surface area contributed by atoms with Crippen molar-refractivity contribution in [3.8, 4) is 5.75 Å². The van der Waals surface area contributed by atoms with Crippen molar-refractivity contribution in [2.24, 2.45) is 5.92 Å². The Kier molecular flexibility index (Phi) is 3.54. The summed E-state index contributed by atoms with van der Waals surface area (Å²) in [4.78, 5) is 0. The van der Waals surface area contributed by atoms with Gasteiger partial charge in [-0.25, -0.2) is 0 Å². The lowest BCUT2D eigenvalue weighted by molar-refractivity contribution is 0.259. The molecule has 0 aromatic heterocycles. The molecule has 19 heavy (non-hydrogen) atoms. The first kappa shape index (κ1) is 12.3. The highest BCUT2D eigenvalue weighted by Crippen LogP contribution is 2.41. The van der Waals surface area contributed by atoms with Crippen molar-refractivity contribution in [1.82, 2.24) is 0 Å². The van der Waals surface area contributed by atoms with Crippen molar-refractivity contribution in [3.63, 3.8) is 0 Å². The van der Waals surface area contributed by atoms with Gasteiger partial charge in [-0.2, -0.15) is 0 Å². The Hall–Kier alpha value is -1.76. The molecule has 2 aromatic carbocycles. The number of phenols is 1. The van der Waals surface area contributed by atoms with Crippen molar-refractivity contribution in [1.29, 1.82) is 0 Å². The molecule has 0 spiro atoms. The van der Waals surface area contributed by atoms with Crippen LogP contribution in [0.4, 0.5) is 0 Å². The van der Waals surface area contributed by atoms with Crippen LogP contribution in [-0.2, 0) is 6.42 Å². The first-order valence-electron chi connectivity index (χ1n) is 7.16. The summed E-state index contributed by atoms with van der Waals surface area (Å²) in [7, 11) is 0. The molecule has 1 aliphatic carbocycles. The van der Waals surface area contributed by atoms with E-state index < -0.39 is 0 Å². The fourth-order valence-corrected chi connectivity index (χ4v) is 2.99. The zero-order valence-electron chi connectivity index (χ0n) is 11.1. The van der Waals surface area contributed by atoms with Gasteiger partial charge >= 0.3 is 0 Å². The summed E-state index contributed by atoms with van der Waals surface area (Å²) < 4.78 is 0. The standard InChI is InChI=1S/C18H20O/c19-17-11-9-14(10-12-17)13-18(16-7-4-8-16)15-5-2-1-3-6-15/h1-3,5-6,9-12,16,18-19H,4,7-8,13H2. The third-order valence-electron chi connectivity index (χ3n) is 4.34. The maximum Gasteiger partial charge on any atom is 0.115 e. The molecule has 1 heteroatoms. The van der Waals surface area contributed by atoms with Gasteiger partial charge in [0.1, 0.15) is 5.75 Å². The highest BCUT2D eigenvalue weighted by atomic mass is 16.3. The van der Waals surface area contributed by atoms with Gasteiger partial charge in [-0.3, -0.25) is 0 Å².